The van der Waals surface area contributed by atoms with Crippen LogP contribution in [0.4, 0.5) is 5.69 Å². The van der Waals surface area contributed by atoms with E-state index in [1.165, 1.54) is 19.2 Å². The maximum Gasteiger partial charge on any atom is 0.260 e. The average Bonchev–Trinajstić information content (AvgIpc) is 3.45. The highest BCUT2D eigenvalue weighted by atomic mass is 35.5. The first-order valence-corrected chi connectivity index (χ1v) is 16.5. The van der Waals surface area contributed by atoms with Crippen molar-refractivity contribution in [3.63, 3.8) is 0 Å². The van der Waals surface area contributed by atoms with Gasteiger partial charge in [-0.3, -0.25) is 29.8 Å². The van der Waals surface area contributed by atoms with Crippen LogP contribution in [-0.4, -0.2) is 51.1 Å². The Balaban J connectivity index is 1.35. The van der Waals surface area contributed by atoms with E-state index in [4.69, 9.17) is 32.7 Å². The minimum absolute atomic E-state index is 0.0352. The van der Waals surface area contributed by atoms with Gasteiger partial charge in [-0.15, -0.1) is 0 Å². The SMILES string of the molecule is COc1ccc([C@@]23C(=O)N(Nc4ccc(Cl)cc4Cl)C(=O)[C@@H]2C[C@@H]2C(=CC[C@@H]4C(=O)N(O)C(=O)[C@@H]42)[C@@H]3C2=COc3ccc(O)cc3C2)cc1. The number of nitrogens with zero attached hydrogens (tertiary/aromatic N) is 2. The number of benzene rings is 3. The number of fused-ring (bicyclic) bond motifs is 5. The summed E-state index contributed by atoms with van der Waals surface area (Å²) < 4.78 is 11.5. The lowest BCUT2D eigenvalue weighted by molar-refractivity contribution is -0.173. The number of hydrogen-bond acceptors (Lipinski definition) is 9. The minimum Gasteiger partial charge on any atom is -0.508 e. The van der Waals surface area contributed by atoms with Gasteiger partial charge in [-0.1, -0.05) is 47.0 Å². The van der Waals surface area contributed by atoms with E-state index in [1.807, 2.05) is 6.08 Å². The van der Waals surface area contributed by atoms with Gasteiger partial charge < -0.3 is 14.6 Å². The van der Waals surface area contributed by atoms with E-state index in [0.29, 0.717) is 38.8 Å². The van der Waals surface area contributed by atoms with Crippen molar-refractivity contribution in [2.24, 2.45) is 29.6 Å². The normalized spacial score (nSPS) is 28.6. The van der Waals surface area contributed by atoms with Gasteiger partial charge in [0.2, 0.25) is 0 Å². The summed E-state index contributed by atoms with van der Waals surface area (Å²) in [6.07, 6.45) is 3.92. The van der Waals surface area contributed by atoms with Crippen LogP contribution < -0.4 is 14.9 Å². The third kappa shape index (κ3) is 4.52. The summed E-state index contributed by atoms with van der Waals surface area (Å²) in [6.45, 7) is 0. The first-order chi connectivity index (χ1) is 23.5. The molecule has 0 radical (unpaired) electrons. The predicted octanol–water partition coefficient (Wildman–Crippen LogP) is 5.43. The molecule has 1 saturated carbocycles. The highest BCUT2D eigenvalue weighted by Crippen LogP contribution is 2.63. The van der Waals surface area contributed by atoms with Gasteiger partial charge in [-0.05, 0) is 78.4 Å². The van der Waals surface area contributed by atoms with Gasteiger partial charge in [0.25, 0.3) is 23.6 Å². The first-order valence-electron chi connectivity index (χ1n) is 15.7. The Morgan fingerprint density at radius 3 is 2.47 bits per heavy atom. The van der Waals surface area contributed by atoms with Crippen LogP contribution >= 0.6 is 23.2 Å². The van der Waals surface area contributed by atoms with E-state index in [2.05, 4.69) is 5.43 Å². The molecule has 3 N–H and O–H groups in total. The maximum absolute atomic E-state index is 15.3. The molecule has 250 valence electrons. The van der Waals surface area contributed by atoms with Crippen LogP contribution in [0.1, 0.15) is 24.0 Å². The Morgan fingerprint density at radius 1 is 0.959 bits per heavy atom. The van der Waals surface area contributed by atoms with Gasteiger partial charge >= 0.3 is 0 Å². The van der Waals surface area contributed by atoms with E-state index < -0.39 is 58.6 Å². The number of hydroxylamine groups is 2. The summed E-state index contributed by atoms with van der Waals surface area (Å²) in [6, 6.07) is 16.4. The van der Waals surface area contributed by atoms with Crippen molar-refractivity contribution in [1.82, 2.24) is 10.1 Å². The quantitative estimate of drug-likeness (QED) is 0.180. The molecule has 8 rings (SSSR count). The molecule has 3 aromatic carbocycles. The summed E-state index contributed by atoms with van der Waals surface area (Å²) in [5.41, 5.74) is 4.22. The highest BCUT2D eigenvalue weighted by molar-refractivity contribution is 6.36. The standard InChI is InChI=1S/C36H29Cl2N3O8/c1-48-22-6-2-19(3-7-22)36-26(33(44)40(35(36)46)39-28-10-4-20(37)14-27(28)38)15-25-23(8-9-24-30(25)34(45)41(47)32(24)43)31(36)18-12-17-13-21(42)5-11-29(17)49-16-18/h2-8,10-11,13-14,16,24-26,30-31,39,42,47H,9,12,15H2,1H3/t24-,25+,26-,30-,31-,36+/m0/s1. The zero-order chi connectivity index (χ0) is 34.4. The van der Waals surface area contributed by atoms with Gasteiger partial charge in [-0.2, -0.15) is 10.1 Å². The van der Waals surface area contributed by atoms with Gasteiger partial charge in [0, 0.05) is 22.9 Å². The summed E-state index contributed by atoms with van der Waals surface area (Å²) >= 11 is 12.6. The average molecular weight is 703 g/mol. The summed E-state index contributed by atoms with van der Waals surface area (Å²) in [4.78, 5) is 56.4. The number of nitrogens with one attached hydrogen (secondary N) is 1. The number of aromatic hydroxyl groups is 1. The molecule has 3 fully saturated rings. The Kier molecular flexibility index (Phi) is 7.29. The molecule has 6 atom stereocenters. The lowest BCUT2D eigenvalue weighted by atomic mass is 9.48. The lowest BCUT2D eigenvalue weighted by Gasteiger charge is -2.51. The Labute approximate surface area is 290 Å². The summed E-state index contributed by atoms with van der Waals surface area (Å²) in [5.74, 6) is -5.65. The number of allylic oxidation sites excluding steroid dienone is 3. The van der Waals surface area contributed by atoms with E-state index in [-0.39, 0.29) is 40.8 Å². The van der Waals surface area contributed by atoms with Gasteiger partial charge in [0.15, 0.2) is 0 Å². The molecule has 5 aliphatic rings. The summed E-state index contributed by atoms with van der Waals surface area (Å²) in [5, 5.41) is 22.5. The number of ether oxygens (including phenoxy) is 2. The number of hydrogen-bond donors (Lipinski definition) is 3. The fourth-order valence-electron chi connectivity index (χ4n) is 8.64. The number of phenols is 1. The number of phenolic OH excluding ortho intramolecular Hbond substituents is 1. The van der Waals surface area contributed by atoms with Crippen LogP contribution in [0.3, 0.4) is 0 Å². The first kappa shape index (κ1) is 31.4. The number of hydrazine groups is 1. The van der Waals surface area contributed by atoms with E-state index in [1.54, 1.807) is 54.8 Å². The van der Waals surface area contributed by atoms with Crippen molar-refractivity contribution in [3.05, 3.63) is 105 Å². The fourth-order valence-corrected chi connectivity index (χ4v) is 9.09. The van der Waals surface area contributed by atoms with Gasteiger partial charge in [0.1, 0.15) is 17.2 Å². The minimum atomic E-state index is -1.56. The monoisotopic (exact) mass is 701 g/mol. The number of anilines is 1. The molecule has 2 saturated heterocycles. The molecule has 0 bridgehead atoms. The van der Waals surface area contributed by atoms with Gasteiger partial charge in [0.05, 0.1) is 47.3 Å². The van der Waals surface area contributed by atoms with Crippen molar-refractivity contribution >= 4 is 52.5 Å². The molecule has 4 amide bonds. The number of amides is 4. The Morgan fingerprint density at radius 2 is 1.73 bits per heavy atom. The highest BCUT2D eigenvalue weighted by Gasteiger charge is 2.70. The van der Waals surface area contributed by atoms with E-state index in [0.717, 1.165) is 5.01 Å². The van der Waals surface area contributed by atoms with Crippen molar-refractivity contribution in [1.29, 1.82) is 0 Å². The van der Waals surface area contributed by atoms with Crippen molar-refractivity contribution in [2.75, 3.05) is 12.5 Å². The number of carbonyl (C=O) groups excluding carboxylic acids is 4. The number of methoxy groups -OCH3 is 1. The predicted molar refractivity (Wildman–Crippen MR) is 176 cm³/mol. The lowest BCUT2D eigenvalue weighted by Crippen LogP contribution is -2.55. The molecule has 49 heavy (non-hydrogen) atoms. The molecule has 0 aromatic heterocycles. The third-order valence-corrected chi connectivity index (χ3v) is 11.3. The topological polar surface area (TPSA) is 146 Å². The second kappa shape index (κ2) is 11.4. The largest absolute Gasteiger partial charge is 0.508 e. The van der Waals surface area contributed by atoms with Crippen molar-refractivity contribution in [3.8, 4) is 17.2 Å². The zero-order valence-corrected chi connectivity index (χ0v) is 27.4. The van der Waals surface area contributed by atoms with E-state index in [9.17, 15) is 24.7 Å². The van der Waals surface area contributed by atoms with Crippen LogP contribution in [-0.2, 0) is 31.0 Å². The van der Waals surface area contributed by atoms with Crippen LogP contribution in [0.15, 0.2) is 84.1 Å². The van der Waals surface area contributed by atoms with E-state index >= 15 is 4.79 Å². The Bertz CT molecular complexity index is 2030. The molecule has 13 heteroatoms. The molecule has 2 aliphatic carbocycles. The van der Waals surface area contributed by atoms with Crippen molar-refractivity contribution in [2.45, 2.75) is 24.7 Å². The smallest absolute Gasteiger partial charge is 0.260 e. The van der Waals surface area contributed by atoms with Crippen LogP contribution in [0.2, 0.25) is 10.0 Å². The van der Waals surface area contributed by atoms with Crippen LogP contribution in [0, 0.1) is 29.6 Å². The summed E-state index contributed by atoms with van der Waals surface area (Å²) in [7, 11) is 1.53. The van der Waals surface area contributed by atoms with Crippen LogP contribution in [0.25, 0.3) is 0 Å². The third-order valence-electron chi connectivity index (χ3n) is 10.7. The molecular formula is C36H29Cl2N3O8. The van der Waals surface area contributed by atoms with Crippen molar-refractivity contribution < 1.29 is 39.0 Å². The molecular weight excluding hydrogens is 673 g/mol. The number of imide groups is 2. The second-order valence-corrected chi connectivity index (χ2v) is 13.8. The fraction of sp³-hybridized carbons (Fsp3) is 0.278. The number of carbonyl (C=O) groups is 4. The molecule has 11 nitrogen and oxygen atoms in total. The second-order valence-electron chi connectivity index (χ2n) is 13.0. The molecule has 0 spiro atoms. The molecule has 3 aromatic rings. The molecule has 3 heterocycles. The maximum atomic E-state index is 15.3. The molecule has 0 unspecified atom stereocenters. The zero-order valence-electron chi connectivity index (χ0n) is 25.9. The van der Waals surface area contributed by atoms with Crippen LogP contribution in [0.5, 0.6) is 17.2 Å². The number of rotatable bonds is 5. The number of halogens is 2. The molecule has 3 aliphatic heterocycles. The Hall–Kier alpha value is -4.84. The van der Waals surface area contributed by atoms with Gasteiger partial charge in [-0.25, -0.2) is 0 Å².